The van der Waals surface area contributed by atoms with Gasteiger partial charge in [-0.25, -0.2) is 4.79 Å². The molecule has 34 heavy (non-hydrogen) atoms. The summed E-state index contributed by atoms with van der Waals surface area (Å²) in [6.45, 7) is 0.371. The molecule has 1 fully saturated rings. The van der Waals surface area contributed by atoms with Gasteiger partial charge in [-0.3, -0.25) is 9.59 Å². The van der Waals surface area contributed by atoms with Crippen LogP contribution in [-0.4, -0.2) is 56.0 Å². The van der Waals surface area contributed by atoms with E-state index in [9.17, 15) is 14.4 Å². The number of methoxy groups -OCH3 is 1. The summed E-state index contributed by atoms with van der Waals surface area (Å²) in [6.07, 6.45) is 1.77. The van der Waals surface area contributed by atoms with E-state index in [-0.39, 0.29) is 32.1 Å². The van der Waals surface area contributed by atoms with Crippen molar-refractivity contribution in [1.82, 2.24) is 10.6 Å². The third kappa shape index (κ3) is 5.07. The number of carboxylic acid groups (broad SMARTS) is 1. The molecule has 0 saturated heterocycles. The van der Waals surface area contributed by atoms with Crippen molar-refractivity contribution in [2.45, 2.75) is 37.6 Å². The number of carbonyl (C=O) groups excluding carboxylic acids is 2. The fourth-order valence-corrected chi connectivity index (χ4v) is 4.94. The molecule has 0 radical (unpaired) electrons. The molecule has 1 unspecified atom stereocenters. The average molecular weight is 467 g/mol. The number of fused-ring (bicyclic) bond motifs is 3. The maximum absolute atomic E-state index is 12.7. The Morgan fingerprint density at radius 2 is 1.68 bits per heavy atom. The van der Waals surface area contributed by atoms with Crippen molar-refractivity contribution >= 4 is 18.0 Å². The van der Waals surface area contributed by atoms with Crippen LogP contribution in [0.25, 0.3) is 11.1 Å². The molecule has 0 spiro atoms. The quantitative estimate of drug-likeness (QED) is 0.495. The molecular formula is C26H30N2O6. The lowest BCUT2D eigenvalue weighted by Crippen LogP contribution is -2.52. The highest BCUT2D eigenvalue weighted by Gasteiger charge is 2.39. The van der Waals surface area contributed by atoms with Gasteiger partial charge < -0.3 is 25.2 Å². The van der Waals surface area contributed by atoms with Crippen molar-refractivity contribution in [2.24, 2.45) is 5.41 Å². The molecule has 0 aliphatic heterocycles. The molecule has 2 aliphatic carbocycles. The fraction of sp³-hybridized carbons (Fsp3) is 0.423. The molecule has 180 valence electrons. The molecule has 8 nitrogen and oxygen atoms in total. The molecule has 2 aliphatic rings. The SMILES string of the molecule is COCC(NC(=O)OCC1c2ccccc2-c2ccccc21)C(=O)NCC1(CC(=O)O)CCC1. The van der Waals surface area contributed by atoms with Crippen LogP contribution in [-0.2, 0) is 19.1 Å². The summed E-state index contributed by atoms with van der Waals surface area (Å²) < 4.78 is 10.6. The van der Waals surface area contributed by atoms with Gasteiger partial charge in [0.05, 0.1) is 13.0 Å². The maximum Gasteiger partial charge on any atom is 0.407 e. The van der Waals surface area contributed by atoms with Crippen molar-refractivity contribution in [2.75, 3.05) is 26.9 Å². The summed E-state index contributed by atoms with van der Waals surface area (Å²) in [6, 6.07) is 15.2. The van der Waals surface area contributed by atoms with Gasteiger partial charge in [-0.2, -0.15) is 0 Å². The van der Waals surface area contributed by atoms with Crippen LogP contribution in [0.3, 0.4) is 0 Å². The number of carbonyl (C=O) groups is 3. The number of ether oxygens (including phenoxy) is 2. The van der Waals surface area contributed by atoms with E-state index in [0.29, 0.717) is 0 Å². The monoisotopic (exact) mass is 466 g/mol. The number of alkyl carbamates (subject to hydrolysis) is 1. The van der Waals surface area contributed by atoms with Crippen LogP contribution in [0.5, 0.6) is 0 Å². The van der Waals surface area contributed by atoms with E-state index >= 15 is 0 Å². The first-order valence-corrected chi connectivity index (χ1v) is 11.5. The number of hydrogen-bond donors (Lipinski definition) is 3. The molecule has 3 N–H and O–H groups in total. The zero-order valence-corrected chi connectivity index (χ0v) is 19.2. The number of carboxylic acids is 1. The van der Waals surface area contributed by atoms with E-state index < -0.39 is 29.4 Å². The Morgan fingerprint density at radius 1 is 1.06 bits per heavy atom. The molecule has 1 saturated carbocycles. The van der Waals surface area contributed by atoms with Gasteiger partial charge in [0.25, 0.3) is 0 Å². The number of benzene rings is 2. The number of rotatable bonds is 10. The summed E-state index contributed by atoms with van der Waals surface area (Å²) >= 11 is 0. The zero-order valence-electron chi connectivity index (χ0n) is 19.2. The van der Waals surface area contributed by atoms with E-state index in [4.69, 9.17) is 14.6 Å². The zero-order chi connectivity index (χ0) is 24.1. The maximum atomic E-state index is 12.7. The molecule has 0 heterocycles. The predicted octanol–water partition coefficient (Wildman–Crippen LogP) is 3.30. The second-order valence-electron chi connectivity index (χ2n) is 9.12. The van der Waals surface area contributed by atoms with Gasteiger partial charge in [0.1, 0.15) is 12.6 Å². The van der Waals surface area contributed by atoms with Gasteiger partial charge in [0.15, 0.2) is 0 Å². The molecule has 8 heteroatoms. The number of hydrogen-bond acceptors (Lipinski definition) is 5. The first kappa shape index (κ1) is 23.8. The predicted molar refractivity (Wildman–Crippen MR) is 125 cm³/mol. The molecular weight excluding hydrogens is 436 g/mol. The van der Waals surface area contributed by atoms with Gasteiger partial charge >= 0.3 is 12.1 Å². The van der Waals surface area contributed by atoms with Gasteiger partial charge in [-0.05, 0) is 40.5 Å². The topological polar surface area (TPSA) is 114 Å². The van der Waals surface area contributed by atoms with E-state index in [2.05, 4.69) is 22.8 Å². The molecule has 0 bridgehead atoms. The molecule has 2 aromatic carbocycles. The Kier molecular flexibility index (Phi) is 7.17. The summed E-state index contributed by atoms with van der Waals surface area (Å²) in [4.78, 5) is 36.5. The van der Waals surface area contributed by atoms with Crippen molar-refractivity contribution in [1.29, 1.82) is 0 Å². The highest BCUT2D eigenvalue weighted by molar-refractivity contribution is 5.86. The van der Waals surface area contributed by atoms with Crippen LogP contribution in [0, 0.1) is 5.41 Å². The fourth-order valence-electron chi connectivity index (χ4n) is 4.94. The molecule has 2 amide bonds. The lowest BCUT2D eigenvalue weighted by atomic mass is 9.66. The third-order valence-corrected chi connectivity index (χ3v) is 6.86. The van der Waals surface area contributed by atoms with Crippen LogP contribution < -0.4 is 10.6 Å². The lowest BCUT2D eigenvalue weighted by molar-refractivity contribution is -0.142. The normalized spacial score (nSPS) is 16.5. The summed E-state index contributed by atoms with van der Waals surface area (Å²) in [7, 11) is 1.44. The number of aliphatic carboxylic acids is 1. The van der Waals surface area contributed by atoms with Crippen molar-refractivity contribution in [3.05, 3.63) is 59.7 Å². The van der Waals surface area contributed by atoms with Crippen LogP contribution in [0.2, 0.25) is 0 Å². The minimum Gasteiger partial charge on any atom is -0.481 e. The largest absolute Gasteiger partial charge is 0.481 e. The number of nitrogens with one attached hydrogen (secondary N) is 2. The Bertz CT molecular complexity index is 1020. The lowest BCUT2D eigenvalue weighted by Gasteiger charge is -2.41. The van der Waals surface area contributed by atoms with Gasteiger partial charge in [-0.15, -0.1) is 0 Å². The van der Waals surface area contributed by atoms with Gasteiger partial charge in [0.2, 0.25) is 5.91 Å². The van der Waals surface area contributed by atoms with E-state index in [1.54, 1.807) is 0 Å². The second kappa shape index (κ2) is 10.3. The van der Waals surface area contributed by atoms with Crippen LogP contribution in [0.4, 0.5) is 4.79 Å². The molecule has 2 aromatic rings. The first-order chi connectivity index (χ1) is 16.4. The number of amides is 2. The molecule has 1 atom stereocenters. The standard InChI is InChI=1S/C26H30N2O6/c1-33-15-22(24(31)27-16-26(11-6-12-26)13-23(29)30)28-25(32)34-14-21-19-9-4-2-7-17(19)18-8-3-5-10-20(18)21/h2-5,7-10,21-22H,6,11-16H2,1H3,(H,27,31)(H,28,32)(H,29,30). The minimum atomic E-state index is -0.942. The Hall–Kier alpha value is -3.39. The Balaban J connectivity index is 1.34. The van der Waals surface area contributed by atoms with Crippen LogP contribution in [0.1, 0.15) is 42.7 Å². The van der Waals surface area contributed by atoms with Gasteiger partial charge in [0, 0.05) is 19.6 Å². The highest BCUT2D eigenvalue weighted by Crippen LogP contribution is 2.45. The second-order valence-corrected chi connectivity index (χ2v) is 9.12. The van der Waals surface area contributed by atoms with Crippen molar-refractivity contribution in [3.8, 4) is 11.1 Å². The summed E-state index contributed by atoms with van der Waals surface area (Å²) in [5.74, 6) is -1.38. The third-order valence-electron chi connectivity index (χ3n) is 6.86. The van der Waals surface area contributed by atoms with Gasteiger partial charge in [-0.1, -0.05) is 55.0 Å². The summed E-state index contributed by atoms with van der Waals surface area (Å²) in [5.41, 5.74) is 4.06. The smallest absolute Gasteiger partial charge is 0.407 e. The summed E-state index contributed by atoms with van der Waals surface area (Å²) in [5, 5.41) is 14.5. The van der Waals surface area contributed by atoms with Crippen molar-refractivity contribution < 1.29 is 29.0 Å². The van der Waals surface area contributed by atoms with E-state index in [1.165, 1.54) is 7.11 Å². The first-order valence-electron chi connectivity index (χ1n) is 11.5. The highest BCUT2D eigenvalue weighted by atomic mass is 16.5. The Morgan fingerprint density at radius 3 is 2.21 bits per heavy atom. The van der Waals surface area contributed by atoms with E-state index in [0.717, 1.165) is 41.5 Å². The van der Waals surface area contributed by atoms with Crippen LogP contribution >= 0.6 is 0 Å². The van der Waals surface area contributed by atoms with Crippen LogP contribution in [0.15, 0.2) is 48.5 Å². The van der Waals surface area contributed by atoms with Crippen molar-refractivity contribution in [3.63, 3.8) is 0 Å². The molecule has 0 aromatic heterocycles. The minimum absolute atomic E-state index is 0.0159. The van der Waals surface area contributed by atoms with E-state index in [1.807, 2.05) is 36.4 Å². The average Bonchev–Trinajstić information content (AvgIpc) is 3.12. The molecule has 4 rings (SSSR count). The Labute approximate surface area is 198 Å².